The normalized spacial score (nSPS) is 12.0. The number of carboxylic acids is 1. The molecule has 18 heavy (non-hydrogen) atoms. The number of aromatic nitrogens is 1. The summed E-state index contributed by atoms with van der Waals surface area (Å²) in [4.78, 5) is 14.3. The summed E-state index contributed by atoms with van der Waals surface area (Å²) >= 11 is 5.96. The number of fused-ring (bicyclic) bond motifs is 1. The molecule has 0 atom stereocenters. The maximum atomic E-state index is 11.0. The summed E-state index contributed by atoms with van der Waals surface area (Å²) in [5.41, 5.74) is 2.59. The number of aromatic amines is 1. The molecule has 1 heterocycles. The number of rotatable bonds is 3. The quantitative estimate of drug-likeness (QED) is 0.885. The van der Waals surface area contributed by atoms with Gasteiger partial charge in [0.25, 0.3) is 0 Å². The highest BCUT2D eigenvalue weighted by atomic mass is 35.5. The Hall–Kier alpha value is -1.48. The van der Waals surface area contributed by atoms with E-state index in [4.69, 9.17) is 16.7 Å². The largest absolute Gasteiger partial charge is 0.481 e. The summed E-state index contributed by atoms with van der Waals surface area (Å²) < 4.78 is 0. The summed E-state index contributed by atoms with van der Waals surface area (Å²) in [7, 11) is 0. The number of carbonyl (C=O) groups is 1. The third kappa shape index (κ3) is 2.23. The maximum absolute atomic E-state index is 11.0. The first-order valence-electron chi connectivity index (χ1n) is 5.81. The van der Waals surface area contributed by atoms with E-state index >= 15 is 0 Å². The van der Waals surface area contributed by atoms with Crippen molar-refractivity contribution in [2.75, 3.05) is 0 Å². The molecule has 0 aliphatic rings. The number of benzene rings is 1. The molecule has 0 spiro atoms. The SMILES string of the molecule is Cc1[nH]c2cc(Cl)ccc2c1C(C)(C)CC(=O)O. The number of carboxylic acid groups (broad SMARTS) is 1. The first-order valence-corrected chi connectivity index (χ1v) is 6.19. The first-order chi connectivity index (χ1) is 8.31. The van der Waals surface area contributed by atoms with Gasteiger partial charge in [0.15, 0.2) is 0 Å². The zero-order chi connectivity index (χ0) is 13.5. The van der Waals surface area contributed by atoms with Crippen LogP contribution in [-0.4, -0.2) is 16.1 Å². The Labute approximate surface area is 111 Å². The van der Waals surface area contributed by atoms with Crippen LogP contribution in [0.3, 0.4) is 0 Å². The number of H-pyrrole nitrogens is 1. The molecule has 0 amide bonds. The molecule has 4 heteroatoms. The molecule has 0 aliphatic carbocycles. The average molecular weight is 266 g/mol. The Morgan fingerprint density at radius 2 is 2.11 bits per heavy atom. The van der Waals surface area contributed by atoms with Crippen LogP contribution in [-0.2, 0) is 10.2 Å². The molecule has 1 aromatic heterocycles. The minimum absolute atomic E-state index is 0.101. The van der Waals surface area contributed by atoms with Crippen LogP contribution in [0.25, 0.3) is 10.9 Å². The van der Waals surface area contributed by atoms with Crippen LogP contribution in [0.1, 0.15) is 31.5 Å². The number of aliphatic carboxylic acids is 1. The number of aryl methyl sites for hydroxylation is 1. The molecule has 0 bridgehead atoms. The van der Waals surface area contributed by atoms with Crippen molar-refractivity contribution in [1.29, 1.82) is 0 Å². The van der Waals surface area contributed by atoms with Gasteiger partial charge in [-0.3, -0.25) is 4.79 Å². The highest BCUT2D eigenvalue weighted by Gasteiger charge is 2.28. The molecule has 2 rings (SSSR count). The molecule has 96 valence electrons. The monoisotopic (exact) mass is 265 g/mol. The van der Waals surface area contributed by atoms with Crippen LogP contribution in [0.5, 0.6) is 0 Å². The molecule has 1 aromatic carbocycles. The first kappa shape index (κ1) is 13.0. The van der Waals surface area contributed by atoms with E-state index in [-0.39, 0.29) is 6.42 Å². The summed E-state index contributed by atoms with van der Waals surface area (Å²) in [5, 5.41) is 10.7. The standard InChI is InChI=1S/C14H16ClNO2/c1-8-13(14(2,3)7-12(17)18)10-5-4-9(15)6-11(10)16-8/h4-6,16H,7H2,1-3H3,(H,17,18). The Bertz CT molecular complexity index is 614. The average Bonchev–Trinajstić information content (AvgIpc) is 2.51. The van der Waals surface area contributed by atoms with Crippen molar-refractivity contribution in [1.82, 2.24) is 4.98 Å². The number of hydrogen-bond acceptors (Lipinski definition) is 1. The number of halogens is 1. The Kier molecular flexibility index (Phi) is 3.11. The summed E-state index contributed by atoms with van der Waals surface area (Å²) in [6.07, 6.45) is 0.101. The van der Waals surface area contributed by atoms with E-state index in [1.54, 1.807) is 0 Å². The van der Waals surface area contributed by atoms with Gasteiger partial charge in [-0.05, 0) is 24.6 Å². The fourth-order valence-corrected chi connectivity index (χ4v) is 2.82. The van der Waals surface area contributed by atoms with Crippen molar-refractivity contribution in [3.8, 4) is 0 Å². The van der Waals surface area contributed by atoms with E-state index in [1.807, 2.05) is 39.0 Å². The molecule has 0 aliphatic heterocycles. The number of hydrogen-bond donors (Lipinski definition) is 2. The molecule has 0 unspecified atom stereocenters. The van der Waals surface area contributed by atoms with Crippen LogP contribution in [0, 0.1) is 6.92 Å². The van der Waals surface area contributed by atoms with Gasteiger partial charge >= 0.3 is 5.97 Å². The minimum atomic E-state index is -0.789. The van der Waals surface area contributed by atoms with Gasteiger partial charge in [0.2, 0.25) is 0 Å². The van der Waals surface area contributed by atoms with Gasteiger partial charge in [-0.25, -0.2) is 0 Å². The highest BCUT2D eigenvalue weighted by Crippen LogP contribution is 2.36. The van der Waals surface area contributed by atoms with E-state index in [9.17, 15) is 4.79 Å². The van der Waals surface area contributed by atoms with Gasteiger partial charge in [-0.1, -0.05) is 31.5 Å². The van der Waals surface area contributed by atoms with E-state index in [2.05, 4.69) is 4.98 Å². The summed E-state index contributed by atoms with van der Waals surface area (Å²) in [6, 6.07) is 5.64. The van der Waals surface area contributed by atoms with E-state index in [1.165, 1.54) is 0 Å². The molecular weight excluding hydrogens is 250 g/mol. The lowest BCUT2D eigenvalue weighted by molar-refractivity contribution is -0.138. The molecule has 2 N–H and O–H groups in total. The third-order valence-electron chi connectivity index (χ3n) is 3.22. The second-order valence-corrected chi connectivity index (χ2v) is 5.71. The smallest absolute Gasteiger partial charge is 0.304 e. The zero-order valence-electron chi connectivity index (χ0n) is 10.7. The molecule has 0 saturated heterocycles. The van der Waals surface area contributed by atoms with E-state index in [0.717, 1.165) is 22.2 Å². The predicted octanol–water partition coefficient (Wildman–Crippen LogP) is 3.88. The van der Waals surface area contributed by atoms with Crippen LogP contribution < -0.4 is 0 Å². The third-order valence-corrected chi connectivity index (χ3v) is 3.45. The van der Waals surface area contributed by atoms with Crippen molar-refractivity contribution in [3.63, 3.8) is 0 Å². The Morgan fingerprint density at radius 1 is 1.44 bits per heavy atom. The second kappa shape index (κ2) is 4.32. The molecular formula is C14H16ClNO2. The molecule has 3 nitrogen and oxygen atoms in total. The topological polar surface area (TPSA) is 53.1 Å². The lowest BCUT2D eigenvalue weighted by atomic mass is 9.80. The predicted molar refractivity (Wildman–Crippen MR) is 73.3 cm³/mol. The van der Waals surface area contributed by atoms with Crippen molar-refractivity contribution in [3.05, 3.63) is 34.5 Å². The summed E-state index contributed by atoms with van der Waals surface area (Å²) in [5.74, 6) is -0.789. The van der Waals surface area contributed by atoms with Gasteiger partial charge in [-0.15, -0.1) is 0 Å². The lowest BCUT2D eigenvalue weighted by Crippen LogP contribution is -2.22. The fourth-order valence-electron chi connectivity index (χ4n) is 2.64. The second-order valence-electron chi connectivity index (χ2n) is 5.27. The van der Waals surface area contributed by atoms with Gasteiger partial charge in [0, 0.05) is 27.0 Å². The van der Waals surface area contributed by atoms with Crippen molar-refractivity contribution in [2.24, 2.45) is 0 Å². The van der Waals surface area contributed by atoms with E-state index < -0.39 is 11.4 Å². The van der Waals surface area contributed by atoms with Crippen molar-refractivity contribution in [2.45, 2.75) is 32.6 Å². The molecule has 0 fully saturated rings. The lowest BCUT2D eigenvalue weighted by Gasteiger charge is -2.23. The Balaban J connectivity index is 2.63. The minimum Gasteiger partial charge on any atom is -0.481 e. The van der Waals surface area contributed by atoms with Crippen LogP contribution >= 0.6 is 11.6 Å². The van der Waals surface area contributed by atoms with Crippen LogP contribution in [0.4, 0.5) is 0 Å². The fraction of sp³-hybridized carbons (Fsp3) is 0.357. The highest BCUT2D eigenvalue weighted by molar-refractivity contribution is 6.31. The van der Waals surface area contributed by atoms with E-state index in [0.29, 0.717) is 5.02 Å². The maximum Gasteiger partial charge on any atom is 0.304 e. The zero-order valence-corrected chi connectivity index (χ0v) is 11.4. The van der Waals surface area contributed by atoms with Crippen molar-refractivity contribution >= 4 is 28.5 Å². The molecule has 2 aromatic rings. The summed E-state index contributed by atoms with van der Waals surface area (Å²) in [6.45, 7) is 5.86. The van der Waals surface area contributed by atoms with Crippen LogP contribution in [0.2, 0.25) is 5.02 Å². The number of nitrogens with one attached hydrogen (secondary N) is 1. The van der Waals surface area contributed by atoms with Crippen LogP contribution in [0.15, 0.2) is 18.2 Å². The van der Waals surface area contributed by atoms with Crippen molar-refractivity contribution < 1.29 is 9.90 Å². The van der Waals surface area contributed by atoms with Gasteiger partial charge < -0.3 is 10.1 Å². The Morgan fingerprint density at radius 3 is 2.72 bits per heavy atom. The van der Waals surface area contributed by atoms with Gasteiger partial charge in [-0.2, -0.15) is 0 Å². The molecule has 0 radical (unpaired) electrons. The molecule has 0 saturated carbocycles. The van der Waals surface area contributed by atoms with Gasteiger partial charge in [0.1, 0.15) is 0 Å². The van der Waals surface area contributed by atoms with Gasteiger partial charge in [0.05, 0.1) is 6.42 Å².